The Balaban J connectivity index is 2.30. The number of aliphatic carboxylic acids is 1. The number of carboxylic acid groups (broad SMARTS) is 1. The monoisotopic (exact) mass is 279 g/mol. The summed E-state index contributed by atoms with van der Waals surface area (Å²) in [6.45, 7) is 4.44. The SMILES string of the molecule is CCc1cccc(OCCCCC(C)(NC)C(=O)O)c1. The average Bonchev–Trinajstić information content (AvgIpc) is 2.46. The molecule has 1 unspecified atom stereocenters. The summed E-state index contributed by atoms with van der Waals surface area (Å²) < 4.78 is 5.69. The molecule has 0 bridgehead atoms. The zero-order chi connectivity index (χ0) is 15.0. The first kappa shape index (κ1) is 16.5. The minimum Gasteiger partial charge on any atom is -0.494 e. The van der Waals surface area contributed by atoms with Gasteiger partial charge in [0.25, 0.3) is 0 Å². The second-order valence-electron chi connectivity index (χ2n) is 5.19. The fourth-order valence-electron chi connectivity index (χ4n) is 1.96. The van der Waals surface area contributed by atoms with E-state index in [0.29, 0.717) is 13.0 Å². The van der Waals surface area contributed by atoms with E-state index < -0.39 is 11.5 Å². The summed E-state index contributed by atoms with van der Waals surface area (Å²) in [7, 11) is 1.68. The van der Waals surface area contributed by atoms with Crippen molar-refractivity contribution in [1.82, 2.24) is 5.32 Å². The number of benzene rings is 1. The number of hydrogen-bond acceptors (Lipinski definition) is 3. The van der Waals surface area contributed by atoms with Crippen LogP contribution in [0.3, 0.4) is 0 Å². The maximum atomic E-state index is 11.1. The summed E-state index contributed by atoms with van der Waals surface area (Å²) in [4.78, 5) is 11.1. The zero-order valence-electron chi connectivity index (χ0n) is 12.6. The minimum atomic E-state index is -0.845. The Morgan fingerprint density at radius 2 is 2.15 bits per heavy atom. The van der Waals surface area contributed by atoms with Crippen molar-refractivity contribution in [2.45, 2.75) is 45.1 Å². The maximum absolute atomic E-state index is 11.1. The van der Waals surface area contributed by atoms with Crippen molar-refractivity contribution in [1.29, 1.82) is 0 Å². The average molecular weight is 279 g/mol. The Hall–Kier alpha value is -1.55. The van der Waals surface area contributed by atoms with Gasteiger partial charge in [-0.1, -0.05) is 19.1 Å². The van der Waals surface area contributed by atoms with Crippen LogP contribution < -0.4 is 10.1 Å². The number of hydrogen-bond donors (Lipinski definition) is 2. The van der Waals surface area contributed by atoms with Crippen LogP contribution >= 0.6 is 0 Å². The molecule has 0 saturated carbocycles. The van der Waals surface area contributed by atoms with Gasteiger partial charge in [0.15, 0.2) is 0 Å². The van der Waals surface area contributed by atoms with Gasteiger partial charge in [0.2, 0.25) is 0 Å². The molecule has 0 aliphatic carbocycles. The maximum Gasteiger partial charge on any atom is 0.323 e. The number of rotatable bonds is 9. The van der Waals surface area contributed by atoms with Gasteiger partial charge in [-0.2, -0.15) is 0 Å². The normalized spacial score (nSPS) is 13.8. The molecule has 4 nitrogen and oxygen atoms in total. The highest BCUT2D eigenvalue weighted by atomic mass is 16.5. The highest BCUT2D eigenvalue weighted by Gasteiger charge is 2.29. The molecular weight excluding hydrogens is 254 g/mol. The first-order valence-corrected chi connectivity index (χ1v) is 7.16. The molecule has 0 aromatic heterocycles. The molecule has 1 aromatic rings. The lowest BCUT2D eigenvalue weighted by Crippen LogP contribution is -2.47. The third-order valence-corrected chi connectivity index (χ3v) is 3.67. The molecule has 1 rings (SSSR count). The van der Waals surface area contributed by atoms with Gasteiger partial charge in [-0.3, -0.25) is 4.79 Å². The number of ether oxygens (including phenoxy) is 1. The van der Waals surface area contributed by atoms with Gasteiger partial charge < -0.3 is 15.2 Å². The second kappa shape index (κ2) is 7.90. The number of aryl methyl sites for hydroxylation is 1. The van der Waals surface area contributed by atoms with Gasteiger partial charge in [0.1, 0.15) is 11.3 Å². The van der Waals surface area contributed by atoms with Crippen molar-refractivity contribution >= 4 is 5.97 Å². The molecule has 2 N–H and O–H groups in total. The predicted octanol–water partition coefficient (Wildman–Crippen LogP) is 2.86. The standard InChI is InChI=1S/C16H25NO3/c1-4-13-8-7-9-14(12-13)20-11-6-5-10-16(2,17-3)15(18)19/h7-9,12,17H,4-6,10-11H2,1-3H3,(H,18,19). The van der Waals surface area contributed by atoms with Crippen LogP contribution in [0.15, 0.2) is 24.3 Å². The molecule has 4 heteroatoms. The molecule has 0 radical (unpaired) electrons. The van der Waals surface area contributed by atoms with Gasteiger partial charge in [-0.05, 0) is 57.4 Å². The summed E-state index contributed by atoms with van der Waals surface area (Å²) in [6, 6.07) is 8.08. The van der Waals surface area contributed by atoms with E-state index >= 15 is 0 Å². The Kier molecular flexibility index (Phi) is 6.52. The number of likely N-dealkylation sites (N-methyl/N-ethyl adjacent to an activating group) is 1. The van der Waals surface area contributed by atoms with E-state index in [-0.39, 0.29) is 0 Å². The fraction of sp³-hybridized carbons (Fsp3) is 0.562. The van der Waals surface area contributed by atoms with Gasteiger partial charge in [-0.15, -0.1) is 0 Å². The van der Waals surface area contributed by atoms with Crippen LogP contribution in [-0.2, 0) is 11.2 Å². The summed E-state index contributed by atoms with van der Waals surface area (Å²) in [6.07, 6.45) is 3.26. The van der Waals surface area contributed by atoms with Crippen LogP contribution in [0.2, 0.25) is 0 Å². The molecule has 0 spiro atoms. The molecule has 20 heavy (non-hydrogen) atoms. The molecule has 0 amide bonds. The van der Waals surface area contributed by atoms with Crippen molar-refractivity contribution in [3.05, 3.63) is 29.8 Å². The minimum absolute atomic E-state index is 0.594. The number of carbonyl (C=O) groups is 1. The molecule has 0 fully saturated rings. The van der Waals surface area contributed by atoms with Gasteiger partial charge >= 0.3 is 5.97 Å². The smallest absolute Gasteiger partial charge is 0.323 e. The largest absolute Gasteiger partial charge is 0.494 e. The van der Waals surface area contributed by atoms with Crippen molar-refractivity contribution < 1.29 is 14.6 Å². The molecule has 0 heterocycles. The zero-order valence-corrected chi connectivity index (χ0v) is 12.6. The van der Waals surface area contributed by atoms with E-state index in [1.54, 1.807) is 14.0 Å². The fourth-order valence-corrected chi connectivity index (χ4v) is 1.96. The van der Waals surface area contributed by atoms with Crippen LogP contribution in [-0.4, -0.2) is 30.3 Å². The Morgan fingerprint density at radius 1 is 1.40 bits per heavy atom. The Morgan fingerprint density at radius 3 is 2.75 bits per heavy atom. The summed E-state index contributed by atoms with van der Waals surface area (Å²) in [5, 5.41) is 12.0. The first-order chi connectivity index (χ1) is 9.51. The van der Waals surface area contributed by atoms with E-state index in [1.807, 2.05) is 12.1 Å². The van der Waals surface area contributed by atoms with E-state index in [1.165, 1.54) is 5.56 Å². The third kappa shape index (κ3) is 4.85. The van der Waals surface area contributed by atoms with Crippen molar-refractivity contribution in [3.63, 3.8) is 0 Å². The Bertz CT molecular complexity index is 433. The van der Waals surface area contributed by atoms with Gasteiger partial charge in [-0.25, -0.2) is 0 Å². The van der Waals surface area contributed by atoms with E-state index in [4.69, 9.17) is 9.84 Å². The van der Waals surface area contributed by atoms with Crippen molar-refractivity contribution in [3.8, 4) is 5.75 Å². The first-order valence-electron chi connectivity index (χ1n) is 7.16. The molecule has 1 aromatic carbocycles. The van der Waals surface area contributed by atoms with Crippen LogP contribution in [0.25, 0.3) is 0 Å². The van der Waals surface area contributed by atoms with Gasteiger partial charge in [0, 0.05) is 0 Å². The molecule has 0 aliphatic heterocycles. The van der Waals surface area contributed by atoms with E-state index in [9.17, 15) is 4.79 Å². The third-order valence-electron chi connectivity index (χ3n) is 3.67. The predicted molar refractivity (Wildman–Crippen MR) is 80.3 cm³/mol. The second-order valence-corrected chi connectivity index (χ2v) is 5.19. The lowest BCUT2D eigenvalue weighted by Gasteiger charge is -2.23. The van der Waals surface area contributed by atoms with Crippen LogP contribution in [0.1, 0.15) is 38.7 Å². The lowest BCUT2D eigenvalue weighted by molar-refractivity contribution is -0.144. The van der Waals surface area contributed by atoms with E-state index in [0.717, 1.165) is 25.0 Å². The van der Waals surface area contributed by atoms with Gasteiger partial charge in [0.05, 0.1) is 6.61 Å². The number of carboxylic acids is 1. The summed E-state index contributed by atoms with van der Waals surface area (Å²) in [5.74, 6) is 0.0792. The summed E-state index contributed by atoms with van der Waals surface area (Å²) in [5.41, 5.74) is 0.415. The lowest BCUT2D eigenvalue weighted by atomic mass is 9.95. The topological polar surface area (TPSA) is 58.6 Å². The van der Waals surface area contributed by atoms with Crippen molar-refractivity contribution in [2.24, 2.45) is 0 Å². The van der Waals surface area contributed by atoms with E-state index in [2.05, 4.69) is 24.4 Å². The highest BCUT2D eigenvalue weighted by molar-refractivity contribution is 5.78. The Labute approximate surface area is 121 Å². The highest BCUT2D eigenvalue weighted by Crippen LogP contribution is 2.16. The quantitative estimate of drug-likeness (QED) is 0.682. The summed E-state index contributed by atoms with van der Waals surface area (Å²) >= 11 is 0. The number of nitrogens with one attached hydrogen (secondary N) is 1. The molecule has 112 valence electrons. The molecular formula is C16H25NO3. The van der Waals surface area contributed by atoms with Crippen LogP contribution in [0.4, 0.5) is 0 Å². The molecule has 1 atom stereocenters. The van der Waals surface area contributed by atoms with Crippen LogP contribution in [0.5, 0.6) is 5.75 Å². The molecule has 0 saturated heterocycles. The van der Waals surface area contributed by atoms with Crippen molar-refractivity contribution in [2.75, 3.05) is 13.7 Å². The van der Waals surface area contributed by atoms with Crippen LogP contribution in [0, 0.1) is 0 Å². The molecule has 0 aliphatic rings. The number of unbranched alkanes of at least 4 members (excludes halogenated alkanes) is 1.